The third-order valence-electron chi connectivity index (χ3n) is 3.23. The molecular formula is C15H20ClN3. The Morgan fingerprint density at radius 1 is 1.26 bits per heavy atom. The molecule has 0 fully saturated rings. The molecule has 1 N–H and O–H groups in total. The van der Waals surface area contributed by atoms with E-state index in [4.69, 9.17) is 11.6 Å². The van der Waals surface area contributed by atoms with E-state index >= 15 is 0 Å². The maximum absolute atomic E-state index is 6.24. The Morgan fingerprint density at radius 3 is 2.68 bits per heavy atom. The van der Waals surface area contributed by atoms with E-state index in [1.54, 1.807) is 0 Å². The van der Waals surface area contributed by atoms with Gasteiger partial charge in [0.1, 0.15) is 0 Å². The topological polar surface area (TPSA) is 29.9 Å². The SMILES string of the molecule is CNCC(Cc1ccn(C)n1)Cc1ccccc1Cl. The van der Waals surface area contributed by atoms with Crippen molar-refractivity contribution in [3.8, 4) is 0 Å². The van der Waals surface area contributed by atoms with Crippen LogP contribution in [0.4, 0.5) is 0 Å². The van der Waals surface area contributed by atoms with E-state index in [9.17, 15) is 0 Å². The molecule has 1 aromatic heterocycles. The summed E-state index contributed by atoms with van der Waals surface area (Å²) < 4.78 is 1.85. The minimum Gasteiger partial charge on any atom is -0.319 e. The van der Waals surface area contributed by atoms with E-state index in [1.165, 1.54) is 5.56 Å². The molecule has 0 saturated heterocycles. The van der Waals surface area contributed by atoms with Crippen LogP contribution in [-0.4, -0.2) is 23.4 Å². The van der Waals surface area contributed by atoms with Crippen molar-refractivity contribution in [1.29, 1.82) is 0 Å². The highest BCUT2D eigenvalue weighted by molar-refractivity contribution is 6.31. The van der Waals surface area contributed by atoms with Gasteiger partial charge in [0, 0.05) is 18.3 Å². The molecule has 0 bridgehead atoms. The highest BCUT2D eigenvalue weighted by Gasteiger charge is 2.13. The van der Waals surface area contributed by atoms with Crippen molar-refractivity contribution in [2.45, 2.75) is 12.8 Å². The van der Waals surface area contributed by atoms with Gasteiger partial charge in [-0.3, -0.25) is 4.68 Å². The first-order valence-electron chi connectivity index (χ1n) is 6.55. The summed E-state index contributed by atoms with van der Waals surface area (Å²) in [4.78, 5) is 0. The van der Waals surface area contributed by atoms with E-state index in [1.807, 2.05) is 43.2 Å². The quantitative estimate of drug-likeness (QED) is 0.880. The van der Waals surface area contributed by atoms with Crippen LogP contribution < -0.4 is 5.32 Å². The van der Waals surface area contributed by atoms with E-state index in [2.05, 4.69) is 22.5 Å². The Labute approximate surface area is 119 Å². The van der Waals surface area contributed by atoms with Gasteiger partial charge in [-0.25, -0.2) is 0 Å². The summed E-state index contributed by atoms with van der Waals surface area (Å²) in [6.07, 6.45) is 3.92. The summed E-state index contributed by atoms with van der Waals surface area (Å²) >= 11 is 6.24. The molecular weight excluding hydrogens is 258 g/mol. The molecule has 0 aliphatic heterocycles. The summed E-state index contributed by atoms with van der Waals surface area (Å²) in [7, 11) is 3.93. The summed E-state index contributed by atoms with van der Waals surface area (Å²) in [5.74, 6) is 0.500. The number of aryl methyl sites for hydroxylation is 1. The average molecular weight is 278 g/mol. The number of benzene rings is 1. The zero-order valence-electron chi connectivity index (χ0n) is 11.4. The van der Waals surface area contributed by atoms with Gasteiger partial charge in [-0.05, 0) is 50.0 Å². The largest absolute Gasteiger partial charge is 0.319 e. The average Bonchev–Trinajstić information content (AvgIpc) is 2.78. The fraction of sp³-hybridized carbons (Fsp3) is 0.400. The lowest BCUT2D eigenvalue weighted by Crippen LogP contribution is -2.23. The van der Waals surface area contributed by atoms with Gasteiger partial charge >= 0.3 is 0 Å². The van der Waals surface area contributed by atoms with Gasteiger partial charge in [0.15, 0.2) is 0 Å². The fourth-order valence-corrected chi connectivity index (χ4v) is 2.56. The van der Waals surface area contributed by atoms with Crippen molar-refractivity contribution in [3.63, 3.8) is 0 Å². The molecule has 0 amide bonds. The summed E-state index contributed by atoms with van der Waals surface area (Å²) in [5, 5.41) is 8.56. The van der Waals surface area contributed by atoms with Gasteiger partial charge in [0.2, 0.25) is 0 Å². The molecule has 1 atom stereocenters. The van der Waals surface area contributed by atoms with Crippen LogP contribution >= 0.6 is 11.6 Å². The van der Waals surface area contributed by atoms with E-state index < -0.39 is 0 Å². The van der Waals surface area contributed by atoms with Crippen LogP contribution in [0.15, 0.2) is 36.5 Å². The fourth-order valence-electron chi connectivity index (χ4n) is 2.35. The van der Waals surface area contributed by atoms with Crippen molar-refractivity contribution < 1.29 is 0 Å². The van der Waals surface area contributed by atoms with Gasteiger partial charge in [0.05, 0.1) is 5.69 Å². The molecule has 1 aromatic carbocycles. The Kier molecular flexibility index (Phi) is 5.00. The normalized spacial score (nSPS) is 12.6. The number of nitrogens with one attached hydrogen (secondary N) is 1. The number of aromatic nitrogens is 2. The van der Waals surface area contributed by atoms with Crippen molar-refractivity contribution >= 4 is 11.6 Å². The molecule has 0 aliphatic rings. The molecule has 0 aliphatic carbocycles. The molecule has 0 radical (unpaired) electrons. The maximum Gasteiger partial charge on any atom is 0.0627 e. The van der Waals surface area contributed by atoms with Gasteiger partial charge in [-0.1, -0.05) is 29.8 Å². The first-order valence-corrected chi connectivity index (χ1v) is 6.93. The molecule has 0 spiro atoms. The number of nitrogens with zero attached hydrogens (tertiary/aromatic N) is 2. The highest BCUT2D eigenvalue weighted by Crippen LogP contribution is 2.20. The number of halogens is 1. The standard InChI is InChI=1S/C15H20ClN3/c1-17-11-12(10-14-7-8-19(2)18-14)9-13-5-3-4-6-15(13)16/h3-8,12,17H,9-11H2,1-2H3. The van der Waals surface area contributed by atoms with Gasteiger partial charge in [0.25, 0.3) is 0 Å². The molecule has 102 valence electrons. The number of hydrogen-bond acceptors (Lipinski definition) is 2. The van der Waals surface area contributed by atoms with Crippen LogP contribution in [0.1, 0.15) is 11.3 Å². The number of hydrogen-bond donors (Lipinski definition) is 1. The first kappa shape index (κ1) is 14.1. The van der Waals surface area contributed by atoms with Crippen LogP contribution in [0, 0.1) is 5.92 Å². The Morgan fingerprint density at radius 2 is 2.05 bits per heavy atom. The second-order valence-electron chi connectivity index (χ2n) is 4.90. The van der Waals surface area contributed by atoms with Crippen LogP contribution in [-0.2, 0) is 19.9 Å². The predicted octanol–water partition coefficient (Wildman–Crippen LogP) is 2.69. The van der Waals surface area contributed by atoms with Crippen molar-refractivity contribution in [2.24, 2.45) is 13.0 Å². The molecule has 4 heteroatoms. The second kappa shape index (κ2) is 6.73. The Hall–Kier alpha value is -1.32. The van der Waals surface area contributed by atoms with E-state index in [0.29, 0.717) is 5.92 Å². The van der Waals surface area contributed by atoms with Crippen LogP contribution in [0.3, 0.4) is 0 Å². The van der Waals surface area contributed by atoms with E-state index in [0.717, 1.165) is 30.1 Å². The summed E-state index contributed by atoms with van der Waals surface area (Å²) in [6, 6.07) is 10.1. The summed E-state index contributed by atoms with van der Waals surface area (Å²) in [6.45, 7) is 0.960. The minimum atomic E-state index is 0.500. The molecule has 1 heterocycles. The second-order valence-corrected chi connectivity index (χ2v) is 5.31. The third kappa shape index (κ3) is 4.08. The van der Waals surface area contributed by atoms with Crippen molar-refractivity contribution in [3.05, 3.63) is 52.8 Å². The first-order chi connectivity index (χ1) is 9.19. The molecule has 19 heavy (non-hydrogen) atoms. The molecule has 0 saturated carbocycles. The maximum atomic E-state index is 6.24. The smallest absolute Gasteiger partial charge is 0.0627 e. The van der Waals surface area contributed by atoms with Crippen molar-refractivity contribution in [2.75, 3.05) is 13.6 Å². The van der Waals surface area contributed by atoms with Crippen LogP contribution in [0.25, 0.3) is 0 Å². The minimum absolute atomic E-state index is 0.500. The lowest BCUT2D eigenvalue weighted by molar-refractivity contribution is 0.485. The zero-order valence-corrected chi connectivity index (χ0v) is 12.2. The third-order valence-corrected chi connectivity index (χ3v) is 3.59. The van der Waals surface area contributed by atoms with Gasteiger partial charge < -0.3 is 5.32 Å². The lowest BCUT2D eigenvalue weighted by Gasteiger charge is -2.16. The van der Waals surface area contributed by atoms with Crippen LogP contribution in [0.5, 0.6) is 0 Å². The molecule has 1 unspecified atom stereocenters. The Bertz CT molecular complexity index is 522. The highest BCUT2D eigenvalue weighted by atomic mass is 35.5. The van der Waals surface area contributed by atoms with E-state index in [-0.39, 0.29) is 0 Å². The van der Waals surface area contributed by atoms with Gasteiger partial charge in [-0.2, -0.15) is 5.10 Å². The zero-order chi connectivity index (χ0) is 13.7. The van der Waals surface area contributed by atoms with Gasteiger partial charge in [-0.15, -0.1) is 0 Å². The number of rotatable bonds is 6. The molecule has 2 rings (SSSR count). The monoisotopic (exact) mass is 277 g/mol. The van der Waals surface area contributed by atoms with Crippen molar-refractivity contribution in [1.82, 2.24) is 15.1 Å². The summed E-state index contributed by atoms with van der Waals surface area (Å²) in [5.41, 5.74) is 2.34. The molecule has 3 nitrogen and oxygen atoms in total. The lowest BCUT2D eigenvalue weighted by atomic mass is 9.94. The van der Waals surface area contributed by atoms with Crippen LogP contribution in [0.2, 0.25) is 5.02 Å². The molecule has 2 aromatic rings. The Balaban J connectivity index is 2.06. The predicted molar refractivity (Wildman–Crippen MR) is 79.5 cm³/mol.